The Morgan fingerprint density at radius 3 is 2.65 bits per heavy atom. The van der Waals surface area contributed by atoms with E-state index in [2.05, 4.69) is 5.32 Å². The maximum Gasteiger partial charge on any atom is 0.225 e. The zero-order valence-corrected chi connectivity index (χ0v) is 10.7. The lowest BCUT2D eigenvalue weighted by atomic mass is 9.96. The predicted molar refractivity (Wildman–Crippen MR) is 68.4 cm³/mol. The van der Waals surface area contributed by atoms with Gasteiger partial charge in [0.15, 0.2) is 0 Å². The van der Waals surface area contributed by atoms with Crippen LogP contribution in [0.15, 0.2) is 24.3 Å². The highest BCUT2D eigenvalue weighted by atomic mass is 16.3. The minimum Gasteiger partial charge on any atom is -0.396 e. The van der Waals surface area contributed by atoms with E-state index in [9.17, 15) is 4.79 Å². The van der Waals surface area contributed by atoms with Crippen LogP contribution in [0.3, 0.4) is 0 Å². The molecule has 0 saturated heterocycles. The Hall–Kier alpha value is -1.35. The lowest BCUT2D eigenvalue weighted by molar-refractivity contribution is -0.127. The lowest BCUT2D eigenvalue weighted by Crippen LogP contribution is -2.35. The third-order valence-corrected chi connectivity index (χ3v) is 2.89. The molecule has 0 saturated carbocycles. The Bertz CT molecular complexity index is 374. The number of nitrogens with one attached hydrogen (secondary N) is 1. The molecule has 0 aromatic heterocycles. The normalized spacial score (nSPS) is 12.5. The van der Waals surface area contributed by atoms with Crippen molar-refractivity contribution in [3.8, 4) is 0 Å². The maximum absolute atomic E-state index is 11.8. The largest absolute Gasteiger partial charge is 0.396 e. The van der Waals surface area contributed by atoms with Crippen LogP contribution in [0.5, 0.6) is 0 Å². The standard InChI is InChI=1S/C14H21NO2/c1-10(2)13(9-16)14(17)15-8-12-6-4-5-11(3)7-12/h4-7,10,13,16H,8-9H2,1-3H3,(H,15,17). The summed E-state index contributed by atoms with van der Waals surface area (Å²) in [6, 6.07) is 8.03. The van der Waals surface area contributed by atoms with Gasteiger partial charge < -0.3 is 10.4 Å². The van der Waals surface area contributed by atoms with Gasteiger partial charge in [-0.15, -0.1) is 0 Å². The van der Waals surface area contributed by atoms with Gasteiger partial charge in [0.25, 0.3) is 0 Å². The maximum atomic E-state index is 11.8. The molecule has 3 heteroatoms. The van der Waals surface area contributed by atoms with Crippen molar-refractivity contribution < 1.29 is 9.90 Å². The molecule has 1 amide bonds. The number of carbonyl (C=O) groups excluding carboxylic acids is 1. The van der Waals surface area contributed by atoms with Crippen molar-refractivity contribution in [3.05, 3.63) is 35.4 Å². The Kier molecular flexibility index (Phi) is 5.16. The number of aryl methyl sites for hydroxylation is 1. The molecule has 0 bridgehead atoms. The number of hydrogen-bond acceptors (Lipinski definition) is 2. The fourth-order valence-electron chi connectivity index (χ4n) is 1.74. The van der Waals surface area contributed by atoms with E-state index in [1.165, 1.54) is 5.56 Å². The molecular weight excluding hydrogens is 214 g/mol. The molecule has 1 atom stereocenters. The molecule has 0 aliphatic carbocycles. The van der Waals surface area contributed by atoms with Crippen molar-refractivity contribution >= 4 is 5.91 Å². The van der Waals surface area contributed by atoms with Crippen LogP contribution in [-0.2, 0) is 11.3 Å². The summed E-state index contributed by atoms with van der Waals surface area (Å²) in [5.41, 5.74) is 2.26. The third-order valence-electron chi connectivity index (χ3n) is 2.89. The fraction of sp³-hybridized carbons (Fsp3) is 0.500. The number of benzene rings is 1. The summed E-state index contributed by atoms with van der Waals surface area (Å²) in [7, 11) is 0. The third kappa shape index (κ3) is 4.19. The van der Waals surface area contributed by atoms with Gasteiger partial charge in [-0.05, 0) is 18.4 Å². The zero-order valence-electron chi connectivity index (χ0n) is 10.7. The highest BCUT2D eigenvalue weighted by molar-refractivity contribution is 5.78. The smallest absolute Gasteiger partial charge is 0.225 e. The molecule has 3 nitrogen and oxygen atoms in total. The monoisotopic (exact) mass is 235 g/mol. The van der Waals surface area contributed by atoms with Crippen LogP contribution in [0, 0.1) is 18.8 Å². The molecule has 2 N–H and O–H groups in total. The minimum atomic E-state index is -0.320. The van der Waals surface area contributed by atoms with Crippen LogP contribution in [0.4, 0.5) is 0 Å². The molecule has 0 fully saturated rings. The van der Waals surface area contributed by atoms with E-state index >= 15 is 0 Å². The average molecular weight is 235 g/mol. The van der Waals surface area contributed by atoms with Crippen molar-refractivity contribution in [1.29, 1.82) is 0 Å². The molecule has 94 valence electrons. The van der Waals surface area contributed by atoms with Crippen LogP contribution in [0.25, 0.3) is 0 Å². The van der Waals surface area contributed by atoms with Gasteiger partial charge in [-0.3, -0.25) is 4.79 Å². The van der Waals surface area contributed by atoms with Crippen LogP contribution < -0.4 is 5.32 Å². The Morgan fingerprint density at radius 1 is 1.41 bits per heavy atom. The topological polar surface area (TPSA) is 49.3 Å². The van der Waals surface area contributed by atoms with Crippen molar-refractivity contribution in [3.63, 3.8) is 0 Å². The van der Waals surface area contributed by atoms with Crippen LogP contribution in [0.2, 0.25) is 0 Å². The summed E-state index contributed by atoms with van der Waals surface area (Å²) in [6.45, 7) is 6.32. The average Bonchev–Trinajstić information content (AvgIpc) is 2.27. The van der Waals surface area contributed by atoms with E-state index < -0.39 is 0 Å². The molecule has 17 heavy (non-hydrogen) atoms. The summed E-state index contributed by atoms with van der Waals surface area (Å²) in [6.07, 6.45) is 0. The van der Waals surface area contributed by atoms with Crippen molar-refractivity contribution in [1.82, 2.24) is 5.32 Å². The van der Waals surface area contributed by atoms with Crippen molar-refractivity contribution in [2.24, 2.45) is 11.8 Å². The SMILES string of the molecule is Cc1cccc(CNC(=O)C(CO)C(C)C)c1. The Balaban J connectivity index is 2.53. The van der Waals surface area contributed by atoms with Gasteiger partial charge in [0.2, 0.25) is 5.91 Å². The van der Waals surface area contributed by atoms with Gasteiger partial charge >= 0.3 is 0 Å². The molecule has 1 rings (SSSR count). The Morgan fingerprint density at radius 2 is 2.12 bits per heavy atom. The van der Waals surface area contributed by atoms with Crippen LogP contribution >= 0.6 is 0 Å². The van der Waals surface area contributed by atoms with Gasteiger partial charge in [-0.25, -0.2) is 0 Å². The summed E-state index contributed by atoms with van der Waals surface area (Å²) in [5.74, 6) is -0.249. The molecule has 0 aliphatic rings. The number of aliphatic hydroxyl groups is 1. The van der Waals surface area contributed by atoms with E-state index in [1.54, 1.807) is 0 Å². The molecule has 0 spiro atoms. The molecule has 1 aromatic carbocycles. The summed E-state index contributed by atoms with van der Waals surface area (Å²) in [4.78, 5) is 11.8. The summed E-state index contributed by atoms with van der Waals surface area (Å²) >= 11 is 0. The summed E-state index contributed by atoms with van der Waals surface area (Å²) in [5, 5.41) is 12.0. The number of amides is 1. The quantitative estimate of drug-likeness (QED) is 0.818. The molecule has 0 aliphatic heterocycles. The molecule has 1 aromatic rings. The Labute approximate surface area is 103 Å². The second-order valence-electron chi connectivity index (χ2n) is 4.74. The van der Waals surface area contributed by atoms with Gasteiger partial charge in [0.1, 0.15) is 0 Å². The predicted octanol–water partition coefficient (Wildman–Crippen LogP) is 1.88. The van der Waals surface area contributed by atoms with Crippen LogP contribution in [-0.4, -0.2) is 17.6 Å². The second kappa shape index (κ2) is 6.40. The van der Waals surface area contributed by atoms with E-state index in [4.69, 9.17) is 5.11 Å². The molecule has 0 radical (unpaired) electrons. The first-order chi connectivity index (χ1) is 8.04. The minimum absolute atomic E-state index is 0.0796. The van der Waals surface area contributed by atoms with Gasteiger partial charge in [0.05, 0.1) is 12.5 Å². The van der Waals surface area contributed by atoms with Crippen molar-refractivity contribution in [2.45, 2.75) is 27.3 Å². The highest BCUT2D eigenvalue weighted by Crippen LogP contribution is 2.10. The van der Waals surface area contributed by atoms with Gasteiger partial charge in [0, 0.05) is 6.54 Å². The first-order valence-corrected chi connectivity index (χ1v) is 5.98. The van der Waals surface area contributed by atoms with E-state index in [-0.39, 0.29) is 24.3 Å². The van der Waals surface area contributed by atoms with Gasteiger partial charge in [-0.2, -0.15) is 0 Å². The number of rotatable bonds is 5. The molecule has 1 unspecified atom stereocenters. The number of hydrogen-bond donors (Lipinski definition) is 2. The first kappa shape index (κ1) is 13.7. The van der Waals surface area contributed by atoms with E-state index in [0.717, 1.165) is 5.56 Å². The number of carbonyl (C=O) groups is 1. The van der Waals surface area contributed by atoms with E-state index in [1.807, 2.05) is 45.0 Å². The first-order valence-electron chi connectivity index (χ1n) is 5.98. The van der Waals surface area contributed by atoms with Crippen LogP contribution in [0.1, 0.15) is 25.0 Å². The van der Waals surface area contributed by atoms with Crippen molar-refractivity contribution in [2.75, 3.05) is 6.61 Å². The summed E-state index contributed by atoms with van der Waals surface area (Å²) < 4.78 is 0. The van der Waals surface area contributed by atoms with Gasteiger partial charge in [-0.1, -0.05) is 43.7 Å². The number of aliphatic hydroxyl groups excluding tert-OH is 1. The molecular formula is C14H21NO2. The second-order valence-corrected chi connectivity index (χ2v) is 4.74. The zero-order chi connectivity index (χ0) is 12.8. The fourth-order valence-corrected chi connectivity index (χ4v) is 1.74. The molecule has 0 heterocycles. The lowest BCUT2D eigenvalue weighted by Gasteiger charge is -2.17. The highest BCUT2D eigenvalue weighted by Gasteiger charge is 2.20. The van der Waals surface area contributed by atoms with E-state index in [0.29, 0.717) is 6.54 Å².